The van der Waals surface area contributed by atoms with Crippen molar-refractivity contribution in [1.29, 1.82) is 0 Å². The van der Waals surface area contributed by atoms with Crippen molar-refractivity contribution in [3.05, 3.63) is 12.2 Å². The van der Waals surface area contributed by atoms with Crippen molar-refractivity contribution in [2.75, 3.05) is 13.1 Å². The van der Waals surface area contributed by atoms with Crippen LogP contribution in [0.25, 0.3) is 0 Å². The summed E-state index contributed by atoms with van der Waals surface area (Å²) in [5.41, 5.74) is 0. The van der Waals surface area contributed by atoms with Gasteiger partial charge in [-0.25, -0.2) is 0 Å². The summed E-state index contributed by atoms with van der Waals surface area (Å²) < 4.78 is 2.00. The predicted octanol–water partition coefficient (Wildman–Crippen LogP) is 1.38. The zero-order chi connectivity index (χ0) is 11.7. The lowest BCUT2D eigenvalue weighted by Gasteiger charge is -2.21. The van der Waals surface area contributed by atoms with E-state index in [0.29, 0.717) is 0 Å². The van der Waals surface area contributed by atoms with Gasteiger partial charge in [0.05, 0.1) is 0 Å². The van der Waals surface area contributed by atoms with E-state index in [0.717, 1.165) is 36.5 Å². The molecule has 0 spiro atoms. The number of nitrogens with zero attached hydrogens (tertiary/aromatic N) is 3. The van der Waals surface area contributed by atoms with Gasteiger partial charge in [0.25, 0.3) is 0 Å². The maximum Gasteiger partial charge on any atom is 0.133 e. The zero-order valence-electron chi connectivity index (χ0n) is 10.6. The molecule has 3 unspecified atom stereocenters. The van der Waals surface area contributed by atoms with E-state index in [2.05, 4.69) is 15.5 Å². The monoisotopic (exact) mass is 234 g/mol. The van der Waals surface area contributed by atoms with Gasteiger partial charge in [0.1, 0.15) is 12.2 Å². The highest BCUT2D eigenvalue weighted by Gasteiger charge is 2.38. The van der Waals surface area contributed by atoms with Gasteiger partial charge in [-0.1, -0.05) is 6.42 Å². The van der Waals surface area contributed by atoms with Gasteiger partial charge in [-0.15, -0.1) is 10.2 Å². The quantitative estimate of drug-likeness (QED) is 0.783. The molecule has 2 saturated carbocycles. The molecule has 2 aliphatic rings. The molecule has 17 heavy (non-hydrogen) atoms. The van der Waals surface area contributed by atoms with E-state index in [1.807, 2.05) is 11.6 Å². The molecule has 0 aromatic carbocycles. The Morgan fingerprint density at radius 3 is 3.00 bits per heavy atom. The number of aromatic nitrogens is 3. The van der Waals surface area contributed by atoms with Gasteiger partial charge in [-0.2, -0.15) is 0 Å². The minimum absolute atomic E-state index is 0.952. The maximum atomic E-state index is 4.10. The van der Waals surface area contributed by atoms with E-state index in [9.17, 15) is 0 Å². The van der Waals surface area contributed by atoms with E-state index in [1.54, 1.807) is 6.33 Å². The fraction of sp³-hybridized carbons (Fsp3) is 0.846. The summed E-state index contributed by atoms with van der Waals surface area (Å²) in [6.45, 7) is 2.24. The van der Waals surface area contributed by atoms with Crippen LogP contribution in [-0.4, -0.2) is 27.9 Å². The van der Waals surface area contributed by atoms with E-state index < -0.39 is 0 Å². The number of rotatable bonds is 5. The molecule has 94 valence electrons. The number of nitrogens with one attached hydrogen (secondary N) is 1. The fourth-order valence-corrected chi connectivity index (χ4v) is 3.65. The summed E-state index contributed by atoms with van der Waals surface area (Å²) >= 11 is 0. The van der Waals surface area contributed by atoms with Gasteiger partial charge in [-0.05, 0) is 43.6 Å². The number of hydrogen-bond acceptors (Lipinski definition) is 3. The van der Waals surface area contributed by atoms with Gasteiger partial charge in [0, 0.05) is 20.0 Å². The number of aryl methyl sites for hydroxylation is 1. The normalized spacial score (nSPS) is 31.2. The van der Waals surface area contributed by atoms with Crippen LogP contribution in [0.15, 0.2) is 6.33 Å². The third kappa shape index (κ3) is 2.37. The topological polar surface area (TPSA) is 42.7 Å². The highest BCUT2D eigenvalue weighted by atomic mass is 15.2. The summed E-state index contributed by atoms with van der Waals surface area (Å²) in [5, 5.41) is 11.6. The Kier molecular flexibility index (Phi) is 3.14. The highest BCUT2D eigenvalue weighted by Crippen LogP contribution is 2.47. The summed E-state index contributed by atoms with van der Waals surface area (Å²) in [6.07, 6.45) is 8.72. The summed E-state index contributed by atoms with van der Waals surface area (Å²) in [5.74, 6) is 4.12. The molecule has 3 atom stereocenters. The highest BCUT2D eigenvalue weighted by molar-refractivity contribution is 4.91. The smallest absolute Gasteiger partial charge is 0.133 e. The Labute approximate surface area is 103 Å². The van der Waals surface area contributed by atoms with E-state index >= 15 is 0 Å². The first-order chi connectivity index (χ1) is 8.33. The second-order valence-electron chi connectivity index (χ2n) is 5.75. The summed E-state index contributed by atoms with van der Waals surface area (Å²) in [4.78, 5) is 0. The van der Waals surface area contributed by atoms with Crippen molar-refractivity contribution in [2.45, 2.75) is 32.1 Å². The number of fused-ring (bicyclic) bond motifs is 2. The van der Waals surface area contributed by atoms with Crippen molar-refractivity contribution in [3.63, 3.8) is 0 Å². The van der Waals surface area contributed by atoms with Crippen molar-refractivity contribution >= 4 is 0 Å². The standard InChI is InChI=1S/C13H22N4/c1-17-9-15-16-13(17)4-5-14-8-12-7-10-2-3-11(12)6-10/h9-12,14H,2-8H2,1H3. The molecule has 2 fully saturated rings. The van der Waals surface area contributed by atoms with Gasteiger partial charge < -0.3 is 9.88 Å². The molecular formula is C13H22N4. The first-order valence-electron chi connectivity index (χ1n) is 6.86. The largest absolute Gasteiger partial charge is 0.321 e. The molecule has 2 aliphatic carbocycles. The lowest BCUT2D eigenvalue weighted by molar-refractivity contribution is 0.319. The Balaban J connectivity index is 1.37. The van der Waals surface area contributed by atoms with Crippen molar-refractivity contribution < 1.29 is 0 Å². The molecule has 1 aromatic rings. The first-order valence-corrected chi connectivity index (χ1v) is 6.86. The molecule has 1 heterocycles. The van der Waals surface area contributed by atoms with Crippen LogP contribution >= 0.6 is 0 Å². The molecule has 0 saturated heterocycles. The SMILES string of the molecule is Cn1cnnc1CCNCC1CC2CCC1C2. The summed E-state index contributed by atoms with van der Waals surface area (Å²) in [7, 11) is 2.01. The zero-order valence-corrected chi connectivity index (χ0v) is 10.6. The van der Waals surface area contributed by atoms with Crippen molar-refractivity contribution in [1.82, 2.24) is 20.1 Å². The van der Waals surface area contributed by atoms with Gasteiger partial charge in [-0.3, -0.25) is 0 Å². The van der Waals surface area contributed by atoms with Crippen molar-refractivity contribution in [3.8, 4) is 0 Å². The molecule has 4 nitrogen and oxygen atoms in total. The van der Waals surface area contributed by atoms with Crippen LogP contribution in [0.1, 0.15) is 31.5 Å². The Morgan fingerprint density at radius 1 is 1.41 bits per heavy atom. The first kappa shape index (κ1) is 11.2. The van der Waals surface area contributed by atoms with Gasteiger partial charge >= 0.3 is 0 Å². The number of hydrogen-bond donors (Lipinski definition) is 1. The Morgan fingerprint density at radius 2 is 2.35 bits per heavy atom. The third-order valence-electron chi connectivity index (χ3n) is 4.62. The average molecular weight is 234 g/mol. The van der Waals surface area contributed by atoms with Gasteiger partial charge in [0.2, 0.25) is 0 Å². The molecule has 3 rings (SSSR count). The maximum absolute atomic E-state index is 4.10. The van der Waals surface area contributed by atoms with E-state index in [-0.39, 0.29) is 0 Å². The molecule has 4 heteroatoms. The van der Waals surface area contributed by atoms with Crippen LogP contribution in [-0.2, 0) is 13.5 Å². The average Bonchev–Trinajstić information content (AvgIpc) is 3.01. The summed E-state index contributed by atoms with van der Waals surface area (Å²) in [6, 6.07) is 0. The Bertz CT molecular complexity index is 373. The second-order valence-corrected chi connectivity index (χ2v) is 5.75. The van der Waals surface area contributed by atoms with Crippen LogP contribution in [0.5, 0.6) is 0 Å². The molecule has 1 N–H and O–H groups in total. The predicted molar refractivity (Wildman–Crippen MR) is 66.5 cm³/mol. The Hall–Kier alpha value is -0.900. The minimum Gasteiger partial charge on any atom is -0.321 e. The molecular weight excluding hydrogens is 212 g/mol. The van der Waals surface area contributed by atoms with E-state index in [4.69, 9.17) is 0 Å². The fourth-order valence-electron chi connectivity index (χ4n) is 3.65. The van der Waals surface area contributed by atoms with Crippen LogP contribution in [0.2, 0.25) is 0 Å². The second kappa shape index (κ2) is 4.77. The molecule has 2 bridgehead atoms. The van der Waals surface area contributed by atoms with Crippen LogP contribution < -0.4 is 5.32 Å². The van der Waals surface area contributed by atoms with Crippen LogP contribution in [0.4, 0.5) is 0 Å². The molecule has 1 aromatic heterocycles. The molecule has 0 aliphatic heterocycles. The third-order valence-corrected chi connectivity index (χ3v) is 4.62. The van der Waals surface area contributed by atoms with Gasteiger partial charge in [0.15, 0.2) is 0 Å². The van der Waals surface area contributed by atoms with Crippen molar-refractivity contribution in [2.24, 2.45) is 24.8 Å². The lowest BCUT2D eigenvalue weighted by Crippen LogP contribution is -2.28. The van der Waals surface area contributed by atoms with Crippen LogP contribution in [0.3, 0.4) is 0 Å². The lowest BCUT2D eigenvalue weighted by atomic mass is 9.89. The molecule has 0 radical (unpaired) electrons. The molecule has 0 amide bonds. The van der Waals surface area contributed by atoms with E-state index in [1.165, 1.54) is 32.2 Å². The van der Waals surface area contributed by atoms with Crippen LogP contribution in [0, 0.1) is 17.8 Å². The minimum atomic E-state index is 0.952.